The lowest BCUT2D eigenvalue weighted by Crippen LogP contribution is -2.58. The van der Waals surface area contributed by atoms with Crippen molar-refractivity contribution in [3.8, 4) is 0 Å². The number of carbonyl (C=O) groups excluding carboxylic acids is 1. The predicted octanol–water partition coefficient (Wildman–Crippen LogP) is 7.69. The van der Waals surface area contributed by atoms with Crippen molar-refractivity contribution >= 4 is 12.3 Å². The van der Waals surface area contributed by atoms with E-state index in [4.69, 9.17) is 0 Å². The van der Waals surface area contributed by atoms with E-state index in [1.54, 1.807) is 5.57 Å². The van der Waals surface area contributed by atoms with Crippen molar-refractivity contribution in [1.29, 1.82) is 0 Å². The van der Waals surface area contributed by atoms with Crippen LogP contribution in [0.15, 0.2) is 11.1 Å². The maximum absolute atomic E-state index is 12.1. The molecule has 0 bridgehead atoms. The minimum absolute atomic E-state index is 0.0796. The first-order valence-corrected chi connectivity index (χ1v) is 13.6. The Morgan fingerprint density at radius 2 is 1.70 bits per heavy atom. The maximum Gasteiger partial charge on any atom is 0.304 e. The highest BCUT2D eigenvalue weighted by Gasteiger charge is 2.66. The normalized spacial score (nSPS) is 45.4. The summed E-state index contributed by atoms with van der Waals surface area (Å²) in [6, 6.07) is 0. The maximum atomic E-state index is 12.1. The fourth-order valence-electron chi connectivity index (χ4n) is 10.5. The molecule has 1 N–H and O–H groups in total. The van der Waals surface area contributed by atoms with Gasteiger partial charge in [-0.15, -0.1) is 0 Å². The number of carboxylic acid groups (broad SMARTS) is 1. The summed E-state index contributed by atoms with van der Waals surface area (Å²) in [6.45, 7) is 18.8. The van der Waals surface area contributed by atoms with E-state index in [1.807, 2.05) is 13.8 Å². The number of fused-ring (bicyclic) bond motifs is 4. The van der Waals surface area contributed by atoms with Crippen molar-refractivity contribution < 1.29 is 14.7 Å². The Balaban J connectivity index is 1.82. The number of rotatable bonds is 5. The van der Waals surface area contributed by atoms with E-state index >= 15 is 0 Å². The van der Waals surface area contributed by atoms with Gasteiger partial charge in [0, 0.05) is 10.8 Å². The Labute approximate surface area is 202 Å². The minimum atomic E-state index is -0.733. The van der Waals surface area contributed by atoms with E-state index in [1.165, 1.54) is 31.3 Å². The lowest BCUT2D eigenvalue weighted by molar-refractivity contribution is -0.143. The van der Waals surface area contributed by atoms with E-state index in [2.05, 4.69) is 41.5 Å². The molecule has 3 heteroatoms. The third-order valence-corrected chi connectivity index (χ3v) is 12.2. The molecule has 3 nitrogen and oxygen atoms in total. The van der Waals surface area contributed by atoms with Gasteiger partial charge in [0.15, 0.2) is 0 Å². The molecule has 4 aliphatic rings. The summed E-state index contributed by atoms with van der Waals surface area (Å²) < 4.78 is 0. The van der Waals surface area contributed by atoms with Gasteiger partial charge in [-0.1, -0.05) is 66.5 Å². The van der Waals surface area contributed by atoms with Crippen LogP contribution in [0.3, 0.4) is 0 Å². The highest BCUT2D eigenvalue weighted by molar-refractivity contribution is 5.69. The van der Waals surface area contributed by atoms with Crippen LogP contribution in [0.25, 0.3) is 0 Å². The molecule has 0 saturated heterocycles. The molecule has 0 aromatic carbocycles. The molecule has 4 rings (SSSR count). The highest BCUT2D eigenvalue weighted by atomic mass is 16.4. The molecular weight excluding hydrogens is 408 g/mol. The second-order valence-corrected chi connectivity index (χ2v) is 14.2. The van der Waals surface area contributed by atoms with Crippen molar-refractivity contribution in [2.75, 3.05) is 0 Å². The Kier molecular flexibility index (Phi) is 5.82. The molecule has 186 valence electrons. The molecule has 0 heterocycles. The van der Waals surface area contributed by atoms with Gasteiger partial charge in [-0.3, -0.25) is 4.79 Å². The molecule has 7 atom stereocenters. The van der Waals surface area contributed by atoms with Crippen LogP contribution in [0.1, 0.15) is 113 Å². The number of aliphatic carboxylic acids is 1. The monoisotopic (exact) mass is 456 g/mol. The fourth-order valence-corrected chi connectivity index (χ4v) is 10.5. The van der Waals surface area contributed by atoms with Crippen molar-refractivity contribution in [2.45, 2.75) is 113 Å². The zero-order valence-electron chi connectivity index (χ0n) is 22.5. The van der Waals surface area contributed by atoms with Crippen molar-refractivity contribution in [1.82, 2.24) is 0 Å². The first kappa shape index (κ1) is 25.0. The second-order valence-electron chi connectivity index (χ2n) is 14.2. The zero-order chi connectivity index (χ0) is 24.6. The largest absolute Gasteiger partial charge is 0.481 e. The van der Waals surface area contributed by atoms with Gasteiger partial charge in [0.05, 0.1) is 6.42 Å². The molecule has 33 heavy (non-hydrogen) atoms. The molecule has 0 radical (unpaired) electrons. The van der Waals surface area contributed by atoms with Crippen LogP contribution in [0, 0.1) is 50.7 Å². The summed E-state index contributed by atoms with van der Waals surface area (Å²) in [5, 5.41) is 9.95. The molecule has 0 spiro atoms. The summed E-state index contributed by atoms with van der Waals surface area (Å²) in [5.74, 6) is 1.66. The van der Waals surface area contributed by atoms with Gasteiger partial charge in [-0.25, -0.2) is 0 Å². The van der Waals surface area contributed by atoms with Crippen LogP contribution in [0.2, 0.25) is 0 Å². The van der Waals surface area contributed by atoms with E-state index in [9.17, 15) is 14.7 Å². The fraction of sp³-hybridized carbons (Fsp3) is 0.867. The number of hydrogen-bond donors (Lipinski definition) is 1. The van der Waals surface area contributed by atoms with Crippen molar-refractivity contribution in [3.05, 3.63) is 11.1 Å². The molecule has 0 amide bonds. The average Bonchev–Trinajstić information content (AvgIpc) is 3.07. The van der Waals surface area contributed by atoms with Crippen LogP contribution in [0.4, 0.5) is 0 Å². The Morgan fingerprint density at radius 3 is 2.27 bits per heavy atom. The lowest BCUT2D eigenvalue weighted by atomic mass is 9.38. The molecule has 2 fully saturated rings. The number of carbonyl (C=O) groups is 2. The number of carboxylic acids is 1. The van der Waals surface area contributed by atoms with Gasteiger partial charge in [-0.05, 0) is 91.3 Å². The van der Waals surface area contributed by atoms with Crippen LogP contribution in [0.5, 0.6) is 0 Å². The molecule has 0 aromatic heterocycles. The Hall–Kier alpha value is -1.12. The highest BCUT2D eigenvalue weighted by Crippen LogP contribution is 2.75. The van der Waals surface area contributed by atoms with Crippen LogP contribution < -0.4 is 0 Å². The minimum Gasteiger partial charge on any atom is -0.481 e. The van der Waals surface area contributed by atoms with Gasteiger partial charge >= 0.3 is 5.97 Å². The van der Waals surface area contributed by atoms with Crippen LogP contribution in [-0.4, -0.2) is 17.4 Å². The topological polar surface area (TPSA) is 54.4 Å². The summed E-state index contributed by atoms with van der Waals surface area (Å²) in [7, 11) is 0. The van der Waals surface area contributed by atoms with Crippen LogP contribution >= 0.6 is 0 Å². The molecule has 0 aromatic rings. The number of hydrogen-bond acceptors (Lipinski definition) is 2. The van der Waals surface area contributed by atoms with E-state index in [-0.39, 0.29) is 23.2 Å². The molecule has 0 aliphatic heterocycles. The van der Waals surface area contributed by atoms with Crippen molar-refractivity contribution in [2.24, 2.45) is 50.7 Å². The van der Waals surface area contributed by atoms with E-state index < -0.39 is 16.8 Å². The summed E-state index contributed by atoms with van der Waals surface area (Å²) >= 11 is 0. The summed E-state index contributed by atoms with van der Waals surface area (Å²) in [4.78, 5) is 24.2. The molecule has 4 aliphatic carbocycles. The number of aldehydes is 1. The molecule has 2 saturated carbocycles. The smallest absolute Gasteiger partial charge is 0.304 e. The SMILES string of the molecule is CC(C)C1CC[C@@H]2[C@]3(C)CCC4=C(CC[C@H](C(C)(C)C=O)[C@]4(C)CC(=O)O)[C@@]3(C)CC[C@]12C. The average molecular weight is 457 g/mol. The summed E-state index contributed by atoms with van der Waals surface area (Å²) in [6.07, 6.45) is 10.6. The van der Waals surface area contributed by atoms with Crippen molar-refractivity contribution in [3.63, 3.8) is 0 Å². The zero-order valence-corrected chi connectivity index (χ0v) is 22.5. The second kappa shape index (κ2) is 7.69. The number of allylic oxidation sites excluding steroid dienone is 2. The van der Waals surface area contributed by atoms with Gasteiger partial charge < -0.3 is 9.90 Å². The van der Waals surface area contributed by atoms with E-state index in [0.717, 1.165) is 49.7 Å². The molecular formula is C30H48O3. The quantitative estimate of drug-likeness (QED) is 0.341. The Morgan fingerprint density at radius 1 is 1.03 bits per heavy atom. The first-order chi connectivity index (χ1) is 15.2. The Bertz CT molecular complexity index is 868. The van der Waals surface area contributed by atoms with Crippen LogP contribution in [-0.2, 0) is 9.59 Å². The van der Waals surface area contributed by atoms with E-state index in [0.29, 0.717) is 5.41 Å². The van der Waals surface area contributed by atoms with Gasteiger partial charge in [0.2, 0.25) is 0 Å². The molecule has 1 unspecified atom stereocenters. The van der Waals surface area contributed by atoms with Gasteiger partial charge in [-0.2, -0.15) is 0 Å². The third-order valence-electron chi connectivity index (χ3n) is 12.2. The van der Waals surface area contributed by atoms with Gasteiger partial charge in [0.25, 0.3) is 0 Å². The third kappa shape index (κ3) is 3.26. The van der Waals surface area contributed by atoms with Gasteiger partial charge in [0.1, 0.15) is 6.29 Å². The predicted molar refractivity (Wildman–Crippen MR) is 134 cm³/mol. The lowest BCUT2D eigenvalue weighted by Gasteiger charge is -2.66. The standard InChI is InChI=1S/C30H48O3/c1-19(2)20-9-12-24-27(20,5)15-16-29(7)22-10-11-23(26(3,4)18-31)28(6,17-25(32)33)21(22)13-14-30(24,29)8/h18-20,23-24H,9-17H2,1-8H3,(H,32,33)/t20?,23-,24+,27-,28-,29-,30+/m1/s1. The summed E-state index contributed by atoms with van der Waals surface area (Å²) in [5.41, 5.74) is 2.91. The first-order valence-electron chi connectivity index (χ1n) is 13.6.